The maximum atomic E-state index is 4.77. The average molecular weight is 430 g/mol. The number of para-hydroxylation sites is 1. The van der Waals surface area contributed by atoms with E-state index in [1.54, 1.807) is 0 Å². The van der Waals surface area contributed by atoms with Gasteiger partial charge in [0.1, 0.15) is 0 Å². The van der Waals surface area contributed by atoms with Crippen LogP contribution in [-0.2, 0) is 13.6 Å². The SMILES string of the molecule is Cc1ccccc1N1CCN([C@@H]2CCCN(Cc3cn(C)nc3-c3ccccc3)C2)CC1. The van der Waals surface area contributed by atoms with Crippen molar-refractivity contribution in [1.29, 1.82) is 0 Å². The van der Waals surface area contributed by atoms with Crippen LogP contribution in [0, 0.1) is 6.92 Å². The van der Waals surface area contributed by atoms with Gasteiger partial charge in [-0.05, 0) is 37.9 Å². The molecule has 0 spiro atoms. The molecule has 5 rings (SSSR count). The molecule has 5 heteroatoms. The van der Waals surface area contributed by atoms with Crippen LogP contribution in [0.2, 0.25) is 0 Å². The number of piperidine rings is 1. The Bertz CT molecular complexity index is 1020. The van der Waals surface area contributed by atoms with Gasteiger partial charge in [0.25, 0.3) is 0 Å². The predicted octanol–water partition coefficient (Wildman–Crippen LogP) is 4.18. The van der Waals surface area contributed by atoms with Crippen LogP contribution in [-0.4, -0.2) is 64.9 Å². The van der Waals surface area contributed by atoms with Crippen molar-refractivity contribution in [3.8, 4) is 11.3 Å². The molecule has 0 unspecified atom stereocenters. The Kier molecular flexibility index (Phi) is 6.28. The number of anilines is 1. The van der Waals surface area contributed by atoms with Gasteiger partial charge in [0.15, 0.2) is 0 Å². The van der Waals surface area contributed by atoms with Crippen LogP contribution in [0.15, 0.2) is 60.8 Å². The zero-order valence-corrected chi connectivity index (χ0v) is 19.5. The first-order valence-electron chi connectivity index (χ1n) is 12.0. The van der Waals surface area contributed by atoms with Crippen LogP contribution in [0.4, 0.5) is 5.69 Å². The summed E-state index contributed by atoms with van der Waals surface area (Å²) in [6.45, 7) is 10.1. The third-order valence-electron chi connectivity index (χ3n) is 7.11. The highest BCUT2D eigenvalue weighted by Crippen LogP contribution is 2.26. The van der Waals surface area contributed by atoms with Crippen molar-refractivity contribution < 1.29 is 0 Å². The molecule has 3 aromatic rings. The summed E-state index contributed by atoms with van der Waals surface area (Å²) >= 11 is 0. The number of likely N-dealkylation sites (tertiary alicyclic amines) is 1. The first kappa shape index (κ1) is 21.2. The Morgan fingerprint density at radius 3 is 2.44 bits per heavy atom. The van der Waals surface area contributed by atoms with Crippen LogP contribution < -0.4 is 4.90 Å². The quantitative estimate of drug-likeness (QED) is 0.608. The monoisotopic (exact) mass is 429 g/mol. The lowest BCUT2D eigenvalue weighted by Crippen LogP contribution is -2.55. The minimum absolute atomic E-state index is 0.666. The van der Waals surface area contributed by atoms with Crippen LogP contribution >= 0.6 is 0 Å². The molecular weight excluding hydrogens is 394 g/mol. The Morgan fingerprint density at radius 2 is 1.66 bits per heavy atom. The highest BCUT2D eigenvalue weighted by molar-refractivity contribution is 5.62. The fraction of sp³-hybridized carbons (Fsp3) is 0.444. The van der Waals surface area contributed by atoms with Crippen molar-refractivity contribution in [1.82, 2.24) is 19.6 Å². The molecule has 1 aromatic heterocycles. The van der Waals surface area contributed by atoms with E-state index in [1.165, 1.54) is 41.8 Å². The van der Waals surface area contributed by atoms with Gasteiger partial charge in [0.2, 0.25) is 0 Å². The Morgan fingerprint density at radius 1 is 0.906 bits per heavy atom. The molecule has 3 heterocycles. The number of piperazine rings is 1. The zero-order valence-electron chi connectivity index (χ0n) is 19.5. The summed E-state index contributed by atoms with van der Waals surface area (Å²) in [5.41, 5.74) is 6.47. The van der Waals surface area contributed by atoms with Gasteiger partial charge in [-0.15, -0.1) is 0 Å². The highest BCUT2D eigenvalue weighted by Gasteiger charge is 2.29. The second kappa shape index (κ2) is 9.47. The van der Waals surface area contributed by atoms with Crippen molar-refractivity contribution in [2.75, 3.05) is 44.2 Å². The Hall–Kier alpha value is -2.63. The smallest absolute Gasteiger partial charge is 0.0968 e. The lowest BCUT2D eigenvalue weighted by molar-refractivity contribution is 0.0888. The predicted molar refractivity (Wildman–Crippen MR) is 132 cm³/mol. The fourth-order valence-electron chi connectivity index (χ4n) is 5.45. The second-order valence-electron chi connectivity index (χ2n) is 9.38. The normalized spacial score (nSPS) is 20.6. The van der Waals surface area contributed by atoms with Crippen LogP contribution in [0.3, 0.4) is 0 Å². The third kappa shape index (κ3) is 4.59. The molecule has 168 valence electrons. The summed E-state index contributed by atoms with van der Waals surface area (Å²) in [5, 5.41) is 4.77. The average Bonchev–Trinajstić information content (AvgIpc) is 3.20. The first-order valence-corrected chi connectivity index (χ1v) is 12.0. The first-order chi connectivity index (χ1) is 15.7. The molecule has 1 atom stereocenters. The molecule has 0 aliphatic carbocycles. The van der Waals surface area contributed by atoms with E-state index in [9.17, 15) is 0 Å². The van der Waals surface area contributed by atoms with E-state index in [4.69, 9.17) is 5.10 Å². The maximum Gasteiger partial charge on any atom is 0.0968 e. The number of hydrogen-bond donors (Lipinski definition) is 0. The van der Waals surface area contributed by atoms with Gasteiger partial charge < -0.3 is 4.90 Å². The number of hydrogen-bond acceptors (Lipinski definition) is 4. The molecule has 2 fully saturated rings. The molecule has 5 nitrogen and oxygen atoms in total. The molecule has 0 N–H and O–H groups in total. The zero-order chi connectivity index (χ0) is 21.9. The van der Waals surface area contributed by atoms with Gasteiger partial charge >= 0.3 is 0 Å². The van der Waals surface area contributed by atoms with Gasteiger partial charge in [-0.1, -0.05) is 48.5 Å². The second-order valence-corrected chi connectivity index (χ2v) is 9.38. The lowest BCUT2D eigenvalue weighted by atomic mass is 10.0. The van der Waals surface area contributed by atoms with Gasteiger partial charge in [0, 0.05) is 75.4 Å². The minimum atomic E-state index is 0.666. The van der Waals surface area contributed by atoms with E-state index >= 15 is 0 Å². The van der Waals surface area contributed by atoms with Gasteiger partial charge in [-0.25, -0.2) is 0 Å². The topological polar surface area (TPSA) is 27.5 Å². The van der Waals surface area contributed by atoms with Crippen LogP contribution in [0.1, 0.15) is 24.0 Å². The standard InChI is InChI=1S/C27H35N5/c1-22-9-6-7-13-26(22)32-17-15-31(16-18-32)25-12-8-14-30(21-25)20-24-19-29(2)28-27(24)23-10-4-3-5-11-23/h3-7,9-11,13,19,25H,8,12,14-18,20-21H2,1-2H3/t25-/m1/s1. The number of aryl methyl sites for hydroxylation is 2. The fourth-order valence-corrected chi connectivity index (χ4v) is 5.45. The van der Waals surface area contributed by atoms with E-state index < -0.39 is 0 Å². The van der Waals surface area contributed by atoms with Crippen molar-refractivity contribution in [3.05, 3.63) is 71.9 Å². The van der Waals surface area contributed by atoms with Crippen molar-refractivity contribution in [2.45, 2.75) is 32.4 Å². The third-order valence-corrected chi connectivity index (χ3v) is 7.11. The molecule has 0 saturated carbocycles. The summed E-state index contributed by atoms with van der Waals surface area (Å²) in [4.78, 5) is 7.95. The summed E-state index contributed by atoms with van der Waals surface area (Å²) in [5.74, 6) is 0. The number of aromatic nitrogens is 2. The summed E-state index contributed by atoms with van der Waals surface area (Å²) in [6, 6.07) is 20.1. The molecular formula is C27H35N5. The molecule has 0 bridgehead atoms. The van der Waals surface area contributed by atoms with Crippen LogP contribution in [0.5, 0.6) is 0 Å². The highest BCUT2D eigenvalue weighted by atomic mass is 15.3. The molecule has 2 aliphatic heterocycles. The minimum Gasteiger partial charge on any atom is -0.369 e. The maximum absolute atomic E-state index is 4.77. The van der Waals surface area contributed by atoms with Gasteiger partial charge in [-0.2, -0.15) is 5.10 Å². The van der Waals surface area contributed by atoms with Crippen LogP contribution in [0.25, 0.3) is 11.3 Å². The largest absolute Gasteiger partial charge is 0.369 e. The summed E-state index contributed by atoms with van der Waals surface area (Å²) in [7, 11) is 2.03. The molecule has 0 radical (unpaired) electrons. The molecule has 2 saturated heterocycles. The molecule has 2 aromatic carbocycles. The molecule has 2 aliphatic rings. The summed E-state index contributed by atoms with van der Waals surface area (Å²) in [6.07, 6.45) is 4.80. The van der Waals surface area contributed by atoms with E-state index in [0.29, 0.717) is 6.04 Å². The van der Waals surface area contributed by atoms with Crippen molar-refractivity contribution in [2.24, 2.45) is 7.05 Å². The van der Waals surface area contributed by atoms with E-state index in [2.05, 4.69) is 82.4 Å². The Balaban J connectivity index is 1.21. The molecule has 0 amide bonds. The van der Waals surface area contributed by atoms with Crippen molar-refractivity contribution in [3.63, 3.8) is 0 Å². The van der Waals surface area contributed by atoms with Crippen molar-refractivity contribution >= 4 is 5.69 Å². The summed E-state index contributed by atoms with van der Waals surface area (Å²) < 4.78 is 1.96. The molecule has 32 heavy (non-hydrogen) atoms. The number of nitrogens with zero attached hydrogens (tertiary/aromatic N) is 5. The number of benzene rings is 2. The van der Waals surface area contributed by atoms with Gasteiger partial charge in [-0.3, -0.25) is 14.5 Å². The van der Waals surface area contributed by atoms with Gasteiger partial charge in [0.05, 0.1) is 5.69 Å². The van der Waals surface area contributed by atoms with E-state index in [1.807, 2.05) is 11.7 Å². The van der Waals surface area contributed by atoms with E-state index in [0.717, 1.165) is 45.0 Å². The Labute approximate surface area is 192 Å². The lowest BCUT2D eigenvalue weighted by Gasteiger charge is -2.44. The number of rotatable bonds is 5. The van der Waals surface area contributed by atoms with E-state index in [-0.39, 0.29) is 0 Å².